The third kappa shape index (κ3) is 3.69. The highest BCUT2D eigenvalue weighted by atomic mass is 35.5. The smallest absolute Gasteiger partial charge is 0.0897 e. The number of hydrogen-bond acceptors (Lipinski definition) is 3. The second-order valence-electron chi connectivity index (χ2n) is 4.32. The van der Waals surface area contributed by atoms with Gasteiger partial charge in [-0.05, 0) is 25.1 Å². The summed E-state index contributed by atoms with van der Waals surface area (Å²) in [6, 6.07) is 5.89. The molecule has 0 bridgehead atoms. The highest BCUT2D eigenvalue weighted by Crippen LogP contribution is 2.31. The molecular formula is C14H16Cl2N2S. The lowest BCUT2D eigenvalue weighted by Gasteiger charge is -2.19. The predicted molar refractivity (Wildman–Crippen MR) is 83.4 cm³/mol. The first-order valence-corrected chi connectivity index (χ1v) is 7.83. The van der Waals surface area contributed by atoms with Crippen LogP contribution in [-0.4, -0.2) is 11.5 Å². The SMILES string of the molecule is CCNC(Cc1csc(C)n1)c1cccc(Cl)c1Cl. The number of thiazole rings is 1. The number of nitrogens with one attached hydrogen (secondary N) is 1. The van der Waals surface area contributed by atoms with Crippen molar-refractivity contribution in [3.63, 3.8) is 0 Å². The fraction of sp³-hybridized carbons (Fsp3) is 0.357. The van der Waals surface area contributed by atoms with Crippen LogP contribution in [0.5, 0.6) is 0 Å². The molecule has 0 saturated heterocycles. The molecule has 1 unspecified atom stereocenters. The molecule has 2 aromatic rings. The third-order valence-electron chi connectivity index (χ3n) is 2.89. The van der Waals surface area contributed by atoms with Crippen LogP contribution in [0.4, 0.5) is 0 Å². The summed E-state index contributed by atoms with van der Waals surface area (Å²) in [7, 11) is 0. The Bertz CT molecular complexity index is 554. The normalized spacial score (nSPS) is 12.6. The van der Waals surface area contributed by atoms with Crippen LogP contribution in [0.2, 0.25) is 10.0 Å². The Morgan fingerprint density at radius 1 is 1.37 bits per heavy atom. The Hall–Kier alpha value is -0.610. The zero-order valence-electron chi connectivity index (χ0n) is 10.9. The molecule has 0 radical (unpaired) electrons. The molecule has 0 aliphatic rings. The number of nitrogens with zero attached hydrogens (tertiary/aromatic N) is 1. The van der Waals surface area contributed by atoms with Crippen LogP contribution in [0, 0.1) is 6.92 Å². The molecule has 0 aliphatic heterocycles. The Kier molecular flexibility index (Phi) is 5.22. The topological polar surface area (TPSA) is 24.9 Å². The summed E-state index contributed by atoms with van der Waals surface area (Å²) in [4.78, 5) is 4.51. The minimum Gasteiger partial charge on any atom is -0.310 e. The van der Waals surface area contributed by atoms with Gasteiger partial charge < -0.3 is 5.32 Å². The van der Waals surface area contributed by atoms with E-state index in [1.165, 1.54) is 0 Å². The zero-order valence-corrected chi connectivity index (χ0v) is 13.2. The lowest BCUT2D eigenvalue weighted by Crippen LogP contribution is -2.23. The first-order valence-electron chi connectivity index (χ1n) is 6.20. The monoisotopic (exact) mass is 314 g/mol. The van der Waals surface area contributed by atoms with Crippen molar-refractivity contribution in [2.45, 2.75) is 26.3 Å². The van der Waals surface area contributed by atoms with Crippen LogP contribution < -0.4 is 5.32 Å². The maximum absolute atomic E-state index is 6.31. The third-order valence-corrected chi connectivity index (χ3v) is 4.54. The number of aryl methyl sites for hydroxylation is 1. The molecule has 0 fully saturated rings. The van der Waals surface area contributed by atoms with E-state index in [0.29, 0.717) is 10.0 Å². The summed E-state index contributed by atoms with van der Waals surface area (Å²) in [5.41, 5.74) is 2.12. The molecule has 1 N–H and O–H groups in total. The number of rotatable bonds is 5. The van der Waals surface area contributed by atoms with Crippen molar-refractivity contribution in [3.8, 4) is 0 Å². The van der Waals surface area contributed by atoms with E-state index in [1.807, 2.05) is 25.1 Å². The molecule has 2 nitrogen and oxygen atoms in total. The van der Waals surface area contributed by atoms with Crippen LogP contribution in [-0.2, 0) is 6.42 Å². The standard InChI is InChI=1S/C14H16Cl2N2S/c1-3-17-13(7-10-8-19-9(2)18-10)11-5-4-6-12(15)14(11)16/h4-6,8,13,17H,3,7H2,1-2H3. The van der Waals surface area contributed by atoms with Crippen LogP contribution in [0.25, 0.3) is 0 Å². The van der Waals surface area contributed by atoms with E-state index < -0.39 is 0 Å². The van der Waals surface area contributed by atoms with E-state index in [0.717, 1.165) is 29.2 Å². The van der Waals surface area contributed by atoms with Crippen molar-refractivity contribution >= 4 is 34.5 Å². The first kappa shape index (κ1) is 14.8. The Labute approximate surface area is 127 Å². The summed E-state index contributed by atoms with van der Waals surface area (Å²) < 4.78 is 0. The van der Waals surface area contributed by atoms with Gasteiger partial charge in [0.25, 0.3) is 0 Å². The minimum absolute atomic E-state index is 0.137. The van der Waals surface area contributed by atoms with Gasteiger partial charge in [-0.25, -0.2) is 4.98 Å². The molecule has 0 amide bonds. The summed E-state index contributed by atoms with van der Waals surface area (Å²) in [5, 5.41) is 7.85. The van der Waals surface area contributed by atoms with Gasteiger partial charge in [0.1, 0.15) is 0 Å². The molecule has 1 atom stereocenters. The van der Waals surface area contributed by atoms with Gasteiger partial charge in [-0.3, -0.25) is 0 Å². The second kappa shape index (κ2) is 6.71. The van der Waals surface area contributed by atoms with Crippen molar-refractivity contribution in [1.29, 1.82) is 0 Å². The van der Waals surface area contributed by atoms with E-state index in [-0.39, 0.29) is 6.04 Å². The van der Waals surface area contributed by atoms with Gasteiger partial charge in [0, 0.05) is 17.8 Å². The molecule has 5 heteroatoms. The van der Waals surface area contributed by atoms with Crippen molar-refractivity contribution in [2.24, 2.45) is 0 Å². The Morgan fingerprint density at radius 2 is 2.16 bits per heavy atom. The summed E-state index contributed by atoms with van der Waals surface area (Å²) in [5.74, 6) is 0. The molecule has 1 heterocycles. The van der Waals surface area contributed by atoms with E-state index in [1.54, 1.807) is 11.3 Å². The molecule has 19 heavy (non-hydrogen) atoms. The van der Waals surface area contributed by atoms with Crippen LogP contribution in [0.15, 0.2) is 23.6 Å². The highest BCUT2D eigenvalue weighted by Gasteiger charge is 2.17. The number of halogens is 2. The Morgan fingerprint density at radius 3 is 2.79 bits per heavy atom. The van der Waals surface area contributed by atoms with Gasteiger partial charge in [-0.1, -0.05) is 42.3 Å². The van der Waals surface area contributed by atoms with E-state index in [4.69, 9.17) is 23.2 Å². The predicted octanol–water partition coefficient (Wildman–Crippen LogP) is 4.65. The average Bonchev–Trinajstić information content (AvgIpc) is 2.78. The maximum Gasteiger partial charge on any atom is 0.0897 e. The van der Waals surface area contributed by atoms with Gasteiger partial charge in [-0.15, -0.1) is 11.3 Å². The molecule has 0 aliphatic carbocycles. The number of likely N-dealkylation sites (N-methyl/N-ethyl adjacent to an activating group) is 1. The minimum atomic E-state index is 0.137. The van der Waals surface area contributed by atoms with Crippen molar-refractivity contribution in [2.75, 3.05) is 6.54 Å². The van der Waals surface area contributed by atoms with Crippen molar-refractivity contribution < 1.29 is 0 Å². The molecular weight excluding hydrogens is 299 g/mol. The average molecular weight is 315 g/mol. The molecule has 1 aromatic heterocycles. The number of aromatic nitrogens is 1. The van der Waals surface area contributed by atoms with Gasteiger partial charge in [0.15, 0.2) is 0 Å². The summed E-state index contributed by atoms with van der Waals surface area (Å²) in [6.45, 7) is 4.97. The van der Waals surface area contributed by atoms with Crippen LogP contribution >= 0.6 is 34.5 Å². The lowest BCUT2D eigenvalue weighted by molar-refractivity contribution is 0.545. The molecule has 0 spiro atoms. The fourth-order valence-electron chi connectivity index (χ4n) is 2.04. The fourth-order valence-corrected chi connectivity index (χ4v) is 3.10. The first-order chi connectivity index (χ1) is 9.11. The van der Waals surface area contributed by atoms with Crippen LogP contribution in [0.1, 0.15) is 29.2 Å². The summed E-state index contributed by atoms with van der Waals surface area (Å²) in [6.07, 6.45) is 0.818. The molecule has 102 valence electrons. The van der Waals surface area contributed by atoms with E-state index in [2.05, 4.69) is 22.6 Å². The largest absolute Gasteiger partial charge is 0.310 e. The van der Waals surface area contributed by atoms with Crippen molar-refractivity contribution in [3.05, 3.63) is 49.9 Å². The van der Waals surface area contributed by atoms with Crippen molar-refractivity contribution in [1.82, 2.24) is 10.3 Å². The lowest BCUT2D eigenvalue weighted by atomic mass is 10.0. The number of hydrogen-bond donors (Lipinski definition) is 1. The van der Waals surface area contributed by atoms with E-state index in [9.17, 15) is 0 Å². The quantitative estimate of drug-likeness (QED) is 0.868. The molecule has 2 rings (SSSR count). The molecule has 1 aromatic carbocycles. The van der Waals surface area contributed by atoms with Gasteiger partial charge in [0.2, 0.25) is 0 Å². The van der Waals surface area contributed by atoms with E-state index >= 15 is 0 Å². The number of benzene rings is 1. The highest BCUT2D eigenvalue weighted by molar-refractivity contribution is 7.09. The maximum atomic E-state index is 6.31. The van der Waals surface area contributed by atoms with Gasteiger partial charge in [-0.2, -0.15) is 0 Å². The second-order valence-corrected chi connectivity index (χ2v) is 6.16. The Balaban J connectivity index is 2.26. The zero-order chi connectivity index (χ0) is 13.8. The van der Waals surface area contributed by atoms with Gasteiger partial charge in [0.05, 0.1) is 20.7 Å². The van der Waals surface area contributed by atoms with Crippen LogP contribution in [0.3, 0.4) is 0 Å². The summed E-state index contributed by atoms with van der Waals surface area (Å²) >= 11 is 14.1. The van der Waals surface area contributed by atoms with Gasteiger partial charge >= 0.3 is 0 Å². The molecule has 0 saturated carbocycles.